The summed E-state index contributed by atoms with van der Waals surface area (Å²) >= 11 is 0. The van der Waals surface area contributed by atoms with Crippen molar-refractivity contribution in [3.8, 4) is 0 Å². The van der Waals surface area contributed by atoms with E-state index in [-0.39, 0.29) is 34.1 Å². The third-order valence-corrected chi connectivity index (χ3v) is 9.21. The van der Waals surface area contributed by atoms with Gasteiger partial charge in [0, 0.05) is 12.4 Å². The molecule has 6 rings (SSSR count). The number of hydrogen-bond acceptors (Lipinski definition) is 16. The molecule has 0 spiro atoms. The van der Waals surface area contributed by atoms with Gasteiger partial charge in [-0.05, 0) is 59.7 Å². The number of pyridine rings is 2. The monoisotopic (exact) mass is 802 g/mol. The summed E-state index contributed by atoms with van der Waals surface area (Å²) in [5.74, 6) is -5.13. The van der Waals surface area contributed by atoms with Gasteiger partial charge in [0.15, 0.2) is 23.1 Å². The number of hydrazone groups is 4. The van der Waals surface area contributed by atoms with Crippen LogP contribution in [0.3, 0.4) is 0 Å². The van der Waals surface area contributed by atoms with E-state index in [0.717, 1.165) is 36.4 Å². The van der Waals surface area contributed by atoms with Gasteiger partial charge in [-0.3, -0.25) is 29.5 Å². The molecule has 0 atom stereocenters. The number of rotatable bonds is 12. The number of nitrogens with one attached hydrogen (secondary N) is 2. The molecule has 0 bridgehead atoms. The molecular formula is C32H22N10O12S2. The van der Waals surface area contributed by atoms with E-state index in [1.54, 1.807) is 12.1 Å². The first-order valence-electron chi connectivity index (χ1n) is 15.3. The molecule has 4 aromatic rings. The van der Waals surface area contributed by atoms with Crippen LogP contribution >= 0.6 is 0 Å². The maximum Gasteiger partial charge on any atom is 0.358 e. The number of aliphatic carboxylic acids is 2. The Hall–Kier alpha value is -7.54. The zero-order valence-electron chi connectivity index (χ0n) is 27.7. The highest BCUT2D eigenvalue weighted by Crippen LogP contribution is 2.27. The molecule has 2 aliphatic rings. The van der Waals surface area contributed by atoms with Crippen molar-refractivity contribution in [1.82, 2.24) is 9.97 Å². The number of nitrogens with zero attached hydrogens (tertiary/aromatic N) is 8. The summed E-state index contributed by atoms with van der Waals surface area (Å²) in [4.78, 5) is 55.9. The molecule has 0 unspecified atom stereocenters. The topological polar surface area (TPSA) is 323 Å². The van der Waals surface area contributed by atoms with E-state index in [2.05, 4.69) is 41.2 Å². The number of amides is 2. The van der Waals surface area contributed by atoms with Gasteiger partial charge in [-0.15, -0.1) is 0 Å². The Bertz CT molecular complexity index is 2520. The Kier molecular flexibility index (Phi) is 10.3. The Morgan fingerprint density at radius 1 is 0.625 bits per heavy atom. The quantitative estimate of drug-likeness (QED) is 0.0674. The van der Waals surface area contributed by atoms with E-state index in [1.807, 2.05) is 0 Å². The summed E-state index contributed by atoms with van der Waals surface area (Å²) in [5.41, 5.74) is 1.21. The van der Waals surface area contributed by atoms with Crippen LogP contribution in [-0.2, 0) is 39.4 Å². The Balaban J connectivity index is 1.26. The summed E-state index contributed by atoms with van der Waals surface area (Å²) < 4.78 is 69.5. The lowest BCUT2D eigenvalue weighted by atomic mass is 10.1. The Labute approximate surface area is 314 Å². The number of carboxylic acids is 2. The zero-order chi connectivity index (χ0) is 40.4. The van der Waals surface area contributed by atoms with Crippen LogP contribution in [0.5, 0.6) is 0 Å². The van der Waals surface area contributed by atoms with Crippen molar-refractivity contribution >= 4 is 102 Å². The highest BCUT2D eigenvalue weighted by Gasteiger charge is 2.39. The third-order valence-electron chi connectivity index (χ3n) is 7.40. The normalized spacial score (nSPS) is 16.1. The molecule has 2 amide bonds. The van der Waals surface area contributed by atoms with Crippen LogP contribution in [0.25, 0.3) is 12.2 Å². The molecule has 284 valence electrons. The van der Waals surface area contributed by atoms with Crippen LogP contribution in [0.15, 0.2) is 115 Å². The molecule has 2 aliphatic heterocycles. The molecule has 4 heterocycles. The van der Waals surface area contributed by atoms with Crippen LogP contribution in [0.4, 0.5) is 23.0 Å². The van der Waals surface area contributed by atoms with Crippen LogP contribution < -0.4 is 20.9 Å². The molecule has 2 aromatic carbocycles. The zero-order valence-corrected chi connectivity index (χ0v) is 29.3. The second-order valence-electron chi connectivity index (χ2n) is 11.1. The van der Waals surface area contributed by atoms with Gasteiger partial charge in [0.2, 0.25) is 11.4 Å². The summed E-state index contributed by atoms with van der Waals surface area (Å²) in [5, 5.41) is 35.7. The van der Waals surface area contributed by atoms with Crippen molar-refractivity contribution in [2.24, 2.45) is 20.4 Å². The number of carboxylic acid groups (broad SMARTS) is 2. The number of aromatic nitrogens is 2. The van der Waals surface area contributed by atoms with Gasteiger partial charge in [-0.25, -0.2) is 19.6 Å². The molecule has 0 saturated heterocycles. The summed E-state index contributed by atoms with van der Waals surface area (Å²) in [6, 6.07) is 15.5. The third kappa shape index (κ3) is 8.01. The van der Waals surface area contributed by atoms with Gasteiger partial charge in [-0.1, -0.05) is 36.4 Å². The molecule has 0 fully saturated rings. The minimum absolute atomic E-state index is 0.00160. The molecule has 0 saturated carbocycles. The molecule has 56 heavy (non-hydrogen) atoms. The van der Waals surface area contributed by atoms with E-state index in [4.69, 9.17) is 0 Å². The molecule has 24 heteroatoms. The standard InChI is InChI=1S/C32H22N10O12S2/c43-29-25(27(31(45)46)39-41(29)23-5-1-3-13-33-23)37-35-19-11-9-17(21(15-19)55(49,50)51)7-8-18-10-12-20(16-22(18)56(52,53)54)36-38-26-28(32(47)48)40-42(30(26)44)24-6-2-4-14-34-24/h1-16,35-36H,(H,45,46)(H,47,48)(H,49,50,51)(H,52,53,54)/b8-7?,37-25+,38-26?. The van der Waals surface area contributed by atoms with Crippen molar-refractivity contribution in [3.05, 3.63) is 96.3 Å². The van der Waals surface area contributed by atoms with Gasteiger partial charge in [-0.2, -0.15) is 47.3 Å². The Morgan fingerprint density at radius 3 is 1.34 bits per heavy atom. The summed E-state index contributed by atoms with van der Waals surface area (Å²) in [6.45, 7) is 0. The van der Waals surface area contributed by atoms with Gasteiger partial charge < -0.3 is 10.2 Å². The highest BCUT2D eigenvalue weighted by molar-refractivity contribution is 7.86. The maximum absolute atomic E-state index is 12.9. The fourth-order valence-electron chi connectivity index (χ4n) is 4.90. The van der Waals surface area contributed by atoms with Crippen LogP contribution in [0.2, 0.25) is 0 Å². The molecule has 6 N–H and O–H groups in total. The fourth-order valence-corrected chi connectivity index (χ4v) is 6.32. The van der Waals surface area contributed by atoms with E-state index < -0.39 is 76.6 Å². The average molecular weight is 803 g/mol. The van der Waals surface area contributed by atoms with Gasteiger partial charge >= 0.3 is 23.8 Å². The first-order valence-corrected chi connectivity index (χ1v) is 18.1. The fraction of sp³-hybridized carbons (Fsp3) is 0. The lowest BCUT2D eigenvalue weighted by Gasteiger charge is -2.10. The maximum atomic E-state index is 12.9. The van der Waals surface area contributed by atoms with Gasteiger partial charge in [0.25, 0.3) is 20.2 Å². The number of carbonyl (C=O) groups is 4. The first-order chi connectivity index (χ1) is 26.5. The second-order valence-corrected chi connectivity index (χ2v) is 13.8. The molecule has 2 aromatic heterocycles. The number of benzene rings is 2. The molecule has 0 aliphatic carbocycles. The lowest BCUT2D eigenvalue weighted by Crippen LogP contribution is -2.31. The number of hydrogen-bond donors (Lipinski definition) is 6. The summed E-state index contributed by atoms with van der Waals surface area (Å²) in [6.07, 6.45) is 4.85. The van der Waals surface area contributed by atoms with E-state index in [1.165, 1.54) is 48.8 Å². The molecular weight excluding hydrogens is 781 g/mol. The van der Waals surface area contributed by atoms with Crippen molar-refractivity contribution in [3.63, 3.8) is 0 Å². The first kappa shape index (κ1) is 38.2. The van der Waals surface area contributed by atoms with Crippen molar-refractivity contribution in [2.75, 3.05) is 20.9 Å². The van der Waals surface area contributed by atoms with E-state index in [0.29, 0.717) is 10.0 Å². The number of anilines is 4. The molecule has 22 nitrogen and oxygen atoms in total. The highest BCUT2D eigenvalue weighted by atomic mass is 32.2. The second kappa shape index (κ2) is 15.1. The smallest absolute Gasteiger partial charge is 0.358 e. The minimum atomic E-state index is -4.99. The van der Waals surface area contributed by atoms with Crippen LogP contribution in [0, 0.1) is 0 Å². The van der Waals surface area contributed by atoms with Crippen molar-refractivity contribution in [1.29, 1.82) is 0 Å². The van der Waals surface area contributed by atoms with Gasteiger partial charge in [0.05, 0.1) is 11.4 Å². The van der Waals surface area contributed by atoms with Crippen molar-refractivity contribution < 1.29 is 55.3 Å². The largest absolute Gasteiger partial charge is 0.476 e. The Morgan fingerprint density at radius 2 is 1.02 bits per heavy atom. The minimum Gasteiger partial charge on any atom is -0.476 e. The molecule has 0 radical (unpaired) electrons. The van der Waals surface area contributed by atoms with Crippen LogP contribution in [-0.4, -0.2) is 92.7 Å². The number of carbonyl (C=O) groups excluding carboxylic acids is 2. The average Bonchev–Trinajstić information content (AvgIpc) is 3.68. The SMILES string of the molecule is O=C(O)C1=NN(c2ccccn2)C(=O)C1=NNc1ccc(C=Cc2ccc(N/N=C3/C(=O)N(c4ccccn4)N=C3C(=O)O)cc2S(=O)(=O)O)c(S(=O)(=O)O)c1. The predicted molar refractivity (Wildman–Crippen MR) is 197 cm³/mol. The van der Waals surface area contributed by atoms with Crippen molar-refractivity contribution in [2.45, 2.75) is 9.79 Å². The van der Waals surface area contributed by atoms with E-state index in [9.17, 15) is 55.3 Å². The lowest BCUT2D eigenvalue weighted by molar-refractivity contribution is -0.130. The summed E-state index contributed by atoms with van der Waals surface area (Å²) in [7, 11) is -9.99. The van der Waals surface area contributed by atoms with E-state index >= 15 is 0 Å². The van der Waals surface area contributed by atoms with Gasteiger partial charge in [0.1, 0.15) is 9.79 Å². The van der Waals surface area contributed by atoms with Crippen LogP contribution in [0.1, 0.15) is 11.1 Å². The predicted octanol–water partition coefficient (Wildman–Crippen LogP) is 1.65.